The first-order chi connectivity index (χ1) is 8.43. The summed E-state index contributed by atoms with van der Waals surface area (Å²) in [6.07, 6.45) is 0.792. The summed E-state index contributed by atoms with van der Waals surface area (Å²) in [4.78, 5) is 13.8. The predicted molar refractivity (Wildman–Crippen MR) is 59.3 cm³/mol. The molecule has 0 amide bonds. The molecule has 1 saturated heterocycles. The van der Waals surface area contributed by atoms with Gasteiger partial charge in [-0.15, -0.1) is 8.78 Å². The predicted octanol–water partition coefficient (Wildman–Crippen LogP) is 0.995. The van der Waals surface area contributed by atoms with Crippen LogP contribution in [0.4, 0.5) is 8.78 Å². The van der Waals surface area contributed by atoms with Crippen molar-refractivity contribution in [3.05, 3.63) is 10.1 Å². The van der Waals surface area contributed by atoms with E-state index in [0.717, 1.165) is 6.42 Å². The van der Waals surface area contributed by atoms with Crippen molar-refractivity contribution in [2.45, 2.75) is 25.4 Å². The summed E-state index contributed by atoms with van der Waals surface area (Å²) < 4.78 is 32.1. The fourth-order valence-electron chi connectivity index (χ4n) is 2.24. The molecule has 2 atom stereocenters. The highest BCUT2D eigenvalue weighted by molar-refractivity contribution is 5.89. The van der Waals surface area contributed by atoms with E-state index in [1.54, 1.807) is 6.92 Å². The lowest BCUT2D eigenvalue weighted by atomic mass is 10.1. The average molecular weight is 263 g/mol. The van der Waals surface area contributed by atoms with Crippen molar-refractivity contribution < 1.29 is 18.4 Å². The molecular formula is C10H15F2N3O3. The lowest BCUT2D eigenvalue weighted by Crippen LogP contribution is -2.50. The maximum absolute atomic E-state index is 13.4. The van der Waals surface area contributed by atoms with Gasteiger partial charge in [0.05, 0.1) is 13.2 Å². The average Bonchev–Trinajstić information content (AvgIpc) is 2.90. The van der Waals surface area contributed by atoms with Crippen molar-refractivity contribution in [2.75, 3.05) is 26.3 Å². The van der Waals surface area contributed by atoms with E-state index in [4.69, 9.17) is 4.74 Å². The van der Waals surface area contributed by atoms with Crippen molar-refractivity contribution in [2.24, 2.45) is 10.9 Å². The molecule has 102 valence electrons. The summed E-state index contributed by atoms with van der Waals surface area (Å²) in [6.45, 7) is 3.38. The number of nitrogens with zero attached hydrogens (tertiary/aromatic N) is 3. The molecule has 0 saturated carbocycles. The lowest BCUT2D eigenvalue weighted by Gasteiger charge is -2.27. The van der Waals surface area contributed by atoms with Crippen LogP contribution in [0, 0.1) is 16.0 Å². The lowest BCUT2D eigenvalue weighted by molar-refractivity contribution is -0.618. The molecular weight excluding hydrogens is 248 g/mol. The summed E-state index contributed by atoms with van der Waals surface area (Å²) in [6, 6.07) is -4.34. The van der Waals surface area contributed by atoms with E-state index in [1.165, 1.54) is 4.90 Å². The highest BCUT2D eigenvalue weighted by Gasteiger charge is 2.55. The smallest absolute Gasteiger partial charge is 0.381 e. The minimum Gasteiger partial charge on any atom is -0.381 e. The highest BCUT2D eigenvalue weighted by Crippen LogP contribution is 2.27. The van der Waals surface area contributed by atoms with Gasteiger partial charge in [-0.25, -0.2) is 0 Å². The maximum Gasteiger partial charge on any atom is 0.572 e. The molecule has 0 aromatic rings. The molecule has 0 radical (unpaired) electrons. The Morgan fingerprint density at radius 1 is 1.67 bits per heavy atom. The number of rotatable bonds is 4. The molecule has 1 fully saturated rings. The Bertz CT molecular complexity index is 369. The molecule has 2 rings (SSSR count). The molecule has 2 heterocycles. The standard InChI is InChI=1S/C10H15F2N3O3/c1-7-4-13-9(10(11,12)15(16)17)14(7)5-8-2-3-18-6-8/h7-8H,2-6H2,1H3. The van der Waals surface area contributed by atoms with Gasteiger partial charge in [0.2, 0.25) is 0 Å². The fourth-order valence-corrected chi connectivity index (χ4v) is 2.24. The Hall–Kier alpha value is -1.31. The molecule has 18 heavy (non-hydrogen) atoms. The van der Waals surface area contributed by atoms with Crippen LogP contribution in [-0.4, -0.2) is 54.1 Å². The summed E-state index contributed by atoms with van der Waals surface area (Å²) >= 11 is 0. The summed E-state index contributed by atoms with van der Waals surface area (Å²) in [5, 5.41) is 10.4. The van der Waals surface area contributed by atoms with E-state index in [1.807, 2.05) is 0 Å². The molecule has 0 aromatic carbocycles. The summed E-state index contributed by atoms with van der Waals surface area (Å²) in [5.74, 6) is -0.579. The van der Waals surface area contributed by atoms with Crippen molar-refractivity contribution in [3.8, 4) is 0 Å². The third-order valence-electron chi connectivity index (χ3n) is 3.29. The SMILES string of the molecule is CC1CN=C(C(F)(F)[N+](=O)[O-])N1CC1CCOC1. The number of amidine groups is 1. The number of nitro groups is 1. The second-order valence-corrected chi connectivity index (χ2v) is 4.69. The number of alkyl halides is 2. The Morgan fingerprint density at radius 3 is 2.94 bits per heavy atom. The normalized spacial score (nSPS) is 28.6. The molecule has 0 aromatic heterocycles. The van der Waals surface area contributed by atoms with Gasteiger partial charge in [0.25, 0.3) is 5.84 Å². The molecule has 0 bridgehead atoms. The van der Waals surface area contributed by atoms with Crippen molar-refractivity contribution in [1.82, 2.24) is 4.90 Å². The van der Waals surface area contributed by atoms with Crippen molar-refractivity contribution >= 4 is 5.84 Å². The first-order valence-corrected chi connectivity index (χ1v) is 5.84. The molecule has 6 nitrogen and oxygen atoms in total. The van der Waals surface area contributed by atoms with Crippen LogP contribution in [-0.2, 0) is 4.74 Å². The Balaban J connectivity index is 2.11. The van der Waals surface area contributed by atoms with E-state index < -0.39 is 16.8 Å². The minimum absolute atomic E-state index is 0.137. The van der Waals surface area contributed by atoms with E-state index in [9.17, 15) is 18.9 Å². The number of ether oxygens (including phenoxy) is 1. The zero-order valence-corrected chi connectivity index (χ0v) is 10.0. The van der Waals surface area contributed by atoms with Crippen LogP contribution in [0.25, 0.3) is 0 Å². The number of hydrogen-bond donors (Lipinski definition) is 0. The van der Waals surface area contributed by atoms with Crippen molar-refractivity contribution in [3.63, 3.8) is 0 Å². The van der Waals surface area contributed by atoms with Crippen LogP contribution in [0.15, 0.2) is 4.99 Å². The molecule has 2 aliphatic heterocycles. The van der Waals surface area contributed by atoms with Gasteiger partial charge in [-0.2, -0.15) is 0 Å². The first kappa shape index (κ1) is 13.1. The minimum atomic E-state index is -4.11. The maximum atomic E-state index is 13.4. The Kier molecular flexibility index (Phi) is 3.47. The first-order valence-electron chi connectivity index (χ1n) is 5.84. The van der Waals surface area contributed by atoms with Crippen LogP contribution >= 0.6 is 0 Å². The number of halogens is 2. The molecule has 2 unspecified atom stereocenters. The van der Waals surface area contributed by atoms with Crippen LogP contribution in [0.1, 0.15) is 13.3 Å². The van der Waals surface area contributed by atoms with Crippen LogP contribution in [0.5, 0.6) is 0 Å². The third-order valence-corrected chi connectivity index (χ3v) is 3.29. The Morgan fingerprint density at radius 2 is 2.39 bits per heavy atom. The highest BCUT2D eigenvalue weighted by atomic mass is 19.3. The topological polar surface area (TPSA) is 68.0 Å². The summed E-state index contributed by atoms with van der Waals surface area (Å²) in [7, 11) is 0. The van der Waals surface area contributed by atoms with Gasteiger partial charge in [-0.05, 0) is 13.3 Å². The van der Waals surface area contributed by atoms with Crippen LogP contribution < -0.4 is 0 Å². The fraction of sp³-hybridized carbons (Fsp3) is 0.900. The van der Waals surface area contributed by atoms with Gasteiger partial charge in [0, 0.05) is 25.1 Å². The van der Waals surface area contributed by atoms with Gasteiger partial charge < -0.3 is 9.64 Å². The van der Waals surface area contributed by atoms with Gasteiger partial charge in [-0.3, -0.25) is 15.1 Å². The monoisotopic (exact) mass is 263 g/mol. The number of aliphatic imine (C=N–C) groups is 1. The molecule has 0 aliphatic carbocycles. The van der Waals surface area contributed by atoms with Gasteiger partial charge in [0.1, 0.15) is 4.92 Å². The second-order valence-electron chi connectivity index (χ2n) is 4.69. The van der Waals surface area contributed by atoms with Gasteiger partial charge in [-0.1, -0.05) is 0 Å². The zero-order valence-electron chi connectivity index (χ0n) is 10.0. The number of hydrogen-bond acceptors (Lipinski definition) is 5. The van der Waals surface area contributed by atoms with E-state index in [0.29, 0.717) is 19.8 Å². The van der Waals surface area contributed by atoms with Gasteiger partial charge in [0.15, 0.2) is 0 Å². The third kappa shape index (κ3) is 2.29. The Labute approximate surface area is 103 Å². The van der Waals surface area contributed by atoms with Gasteiger partial charge >= 0.3 is 6.05 Å². The molecule has 0 spiro atoms. The van der Waals surface area contributed by atoms with E-state index >= 15 is 0 Å². The summed E-state index contributed by atoms with van der Waals surface area (Å²) in [5.41, 5.74) is 0. The van der Waals surface area contributed by atoms with Crippen LogP contribution in [0.3, 0.4) is 0 Å². The van der Waals surface area contributed by atoms with E-state index in [2.05, 4.69) is 4.99 Å². The largest absolute Gasteiger partial charge is 0.572 e. The molecule has 0 N–H and O–H groups in total. The molecule has 8 heteroatoms. The quantitative estimate of drug-likeness (QED) is 0.431. The molecule has 2 aliphatic rings. The second kappa shape index (κ2) is 4.75. The van der Waals surface area contributed by atoms with Crippen LogP contribution in [0.2, 0.25) is 0 Å². The van der Waals surface area contributed by atoms with E-state index in [-0.39, 0.29) is 18.5 Å². The van der Waals surface area contributed by atoms with Crippen molar-refractivity contribution in [1.29, 1.82) is 0 Å². The zero-order chi connectivity index (χ0) is 13.3.